The van der Waals surface area contributed by atoms with Crippen LogP contribution >= 0.6 is 0 Å². The van der Waals surface area contributed by atoms with Gasteiger partial charge in [-0.05, 0) is 60.8 Å². The number of allylic oxidation sites excluding steroid dienone is 2. The highest BCUT2D eigenvalue weighted by atomic mass is 16.5. The van der Waals surface area contributed by atoms with Crippen molar-refractivity contribution in [2.45, 2.75) is 50.0 Å². The second-order valence-electron chi connectivity index (χ2n) is 8.20. The third-order valence-electron chi connectivity index (χ3n) is 6.12. The zero-order valence-electron chi connectivity index (χ0n) is 18.4. The molecule has 0 unspecified atom stereocenters. The third kappa shape index (κ3) is 5.10. The van der Waals surface area contributed by atoms with Gasteiger partial charge in [0.1, 0.15) is 12.1 Å². The fourth-order valence-corrected chi connectivity index (χ4v) is 4.44. The Balaban J connectivity index is 1.72. The molecule has 0 bridgehead atoms. The number of ether oxygens (including phenoxy) is 1. The number of hydrogen-bond donors (Lipinski definition) is 2. The molecule has 0 spiro atoms. The van der Waals surface area contributed by atoms with Crippen LogP contribution in [0.25, 0.3) is 11.1 Å². The van der Waals surface area contributed by atoms with Crippen molar-refractivity contribution in [3.05, 3.63) is 85.0 Å². The molecule has 0 aliphatic heterocycles. The minimum absolute atomic E-state index is 0.0751. The predicted molar refractivity (Wildman–Crippen MR) is 127 cm³/mol. The van der Waals surface area contributed by atoms with Crippen molar-refractivity contribution in [2.75, 3.05) is 6.61 Å². The molecule has 1 amide bonds. The smallest absolute Gasteiger partial charge is 0.408 e. The minimum Gasteiger partial charge on any atom is -0.480 e. The SMILES string of the molecule is C=CCCCC(CCCC=C)(NC(=O)OCC1c2ccccc2-c2ccccc21)C(=O)O. The van der Waals surface area contributed by atoms with E-state index in [-0.39, 0.29) is 12.5 Å². The van der Waals surface area contributed by atoms with E-state index < -0.39 is 17.6 Å². The van der Waals surface area contributed by atoms with Crippen LogP contribution in [-0.4, -0.2) is 29.3 Å². The molecule has 5 heteroatoms. The fraction of sp³-hybridized carbons (Fsp3) is 0.333. The van der Waals surface area contributed by atoms with E-state index >= 15 is 0 Å². The van der Waals surface area contributed by atoms with E-state index in [9.17, 15) is 14.7 Å². The molecule has 0 saturated heterocycles. The number of hydrogen-bond acceptors (Lipinski definition) is 3. The molecule has 0 atom stereocenters. The fourth-order valence-electron chi connectivity index (χ4n) is 4.44. The maximum absolute atomic E-state index is 12.8. The molecule has 168 valence electrons. The number of nitrogens with one attached hydrogen (secondary N) is 1. The number of aliphatic carboxylic acids is 1. The average Bonchev–Trinajstić information content (AvgIpc) is 3.11. The van der Waals surface area contributed by atoms with Crippen LogP contribution in [0.4, 0.5) is 4.79 Å². The summed E-state index contributed by atoms with van der Waals surface area (Å²) in [6, 6.07) is 16.2. The summed E-state index contributed by atoms with van der Waals surface area (Å²) in [6.07, 6.45) is 6.04. The topological polar surface area (TPSA) is 75.6 Å². The van der Waals surface area contributed by atoms with Crippen molar-refractivity contribution in [1.29, 1.82) is 0 Å². The molecular weight excluding hydrogens is 402 g/mol. The van der Waals surface area contributed by atoms with Crippen molar-refractivity contribution in [1.82, 2.24) is 5.32 Å². The molecule has 0 heterocycles. The Morgan fingerprint density at radius 1 is 0.938 bits per heavy atom. The summed E-state index contributed by atoms with van der Waals surface area (Å²) in [5, 5.41) is 12.7. The predicted octanol–water partition coefficient (Wildman–Crippen LogP) is 6.06. The van der Waals surface area contributed by atoms with Crippen LogP contribution in [0.3, 0.4) is 0 Å². The Morgan fingerprint density at radius 2 is 1.44 bits per heavy atom. The van der Waals surface area contributed by atoms with Gasteiger partial charge in [0.25, 0.3) is 0 Å². The van der Waals surface area contributed by atoms with Gasteiger partial charge >= 0.3 is 12.1 Å². The maximum atomic E-state index is 12.8. The first kappa shape index (κ1) is 23.3. The zero-order chi connectivity index (χ0) is 23.0. The van der Waals surface area contributed by atoms with Gasteiger partial charge in [-0.25, -0.2) is 9.59 Å². The number of unbranched alkanes of at least 4 members (excludes halogenated alkanes) is 2. The lowest BCUT2D eigenvalue weighted by Gasteiger charge is -2.30. The number of alkyl carbamates (subject to hydrolysis) is 1. The number of carboxylic acid groups (broad SMARTS) is 1. The van der Waals surface area contributed by atoms with Gasteiger partial charge in [-0.1, -0.05) is 60.7 Å². The van der Waals surface area contributed by atoms with Crippen molar-refractivity contribution in [3.8, 4) is 11.1 Å². The third-order valence-corrected chi connectivity index (χ3v) is 6.12. The highest BCUT2D eigenvalue weighted by molar-refractivity contribution is 5.84. The van der Waals surface area contributed by atoms with Crippen LogP contribution in [0.15, 0.2) is 73.8 Å². The highest BCUT2D eigenvalue weighted by Gasteiger charge is 2.40. The molecule has 5 nitrogen and oxygen atoms in total. The Kier molecular flexibility index (Phi) is 7.87. The Morgan fingerprint density at radius 3 is 1.91 bits per heavy atom. The Bertz CT molecular complexity index is 922. The average molecular weight is 434 g/mol. The van der Waals surface area contributed by atoms with Crippen molar-refractivity contribution < 1.29 is 19.4 Å². The number of amides is 1. The van der Waals surface area contributed by atoms with E-state index in [4.69, 9.17) is 4.74 Å². The van der Waals surface area contributed by atoms with Gasteiger partial charge < -0.3 is 15.2 Å². The molecule has 0 fully saturated rings. The number of rotatable bonds is 12. The second-order valence-corrected chi connectivity index (χ2v) is 8.20. The lowest BCUT2D eigenvalue weighted by atomic mass is 9.87. The largest absolute Gasteiger partial charge is 0.480 e. The quantitative estimate of drug-likeness (QED) is 0.315. The molecule has 32 heavy (non-hydrogen) atoms. The van der Waals surface area contributed by atoms with E-state index in [1.54, 1.807) is 12.2 Å². The van der Waals surface area contributed by atoms with Gasteiger partial charge in [-0.2, -0.15) is 0 Å². The van der Waals surface area contributed by atoms with Gasteiger partial charge in [0, 0.05) is 5.92 Å². The van der Waals surface area contributed by atoms with E-state index in [2.05, 4.69) is 30.6 Å². The molecule has 1 aliphatic carbocycles. The first-order chi connectivity index (χ1) is 15.5. The minimum atomic E-state index is -1.37. The summed E-state index contributed by atoms with van der Waals surface area (Å²) in [5.41, 5.74) is 3.15. The van der Waals surface area contributed by atoms with E-state index in [1.165, 1.54) is 0 Å². The van der Waals surface area contributed by atoms with Gasteiger partial charge in [0.2, 0.25) is 0 Å². The van der Waals surface area contributed by atoms with Crippen LogP contribution in [-0.2, 0) is 9.53 Å². The van der Waals surface area contributed by atoms with Gasteiger partial charge in [0.15, 0.2) is 0 Å². The monoisotopic (exact) mass is 433 g/mol. The van der Waals surface area contributed by atoms with Gasteiger partial charge in [-0.3, -0.25) is 0 Å². The summed E-state index contributed by atoms with van der Waals surface area (Å²) in [4.78, 5) is 25.0. The molecular formula is C27H31NO4. The number of fused-ring (bicyclic) bond motifs is 3. The normalized spacial score (nSPS) is 12.5. The lowest BCUT2D eigenvalue weighted by Crippen LogP contribution is -2.54. The molecule has 3 rings (SSSR count). The first-order valence-corrected chi connectivity index (χ1v) is 11.1. The zero-order valence-corrected chi connectivity index (χ0v) is 18.4. The van der Waals surface area contributed by atoms with Gasteiger partial charge in [-0.15, -0.1) is 13.2 Å². The summed E-state index contributed by atoms with van der Waals surface area (Å²) < 4.78 is 5.60. The summed E-state index contributed by atoms with van der Waals surface area (Å²) in [5.74, 6) is -1.12. The van der Waals surface area contributed by atoms with Crippen LogP contribution in [0.1, 0.15) is 55.6 Å². The van der Waals surface area contributed by atoms with Gasteiger partial charge in [0.05, 0.1) is 0 Å². The molecule has 1 aliphatic rings. The number of carboxylic acids is 1. The second kappa shape index (κ2) is 10.8. The molecule has 2 aromatic rings. The highest BCUT2D eigenvalue weighted by Crippen LogP contribution is 2.44. The van der Waals surface area contributed by atoms with Crippen molar-refractivity contribution in [2.24, 2.45) is 0 Å². The number of carbonyl (C=O) groups is 2. The van der Waals surface area contributed by atoms with Crippen molar-refractivity contribution in [3.63, 3.8) is 0 Å². The molecule has 2 aromatic carbocycles. The molecule has 2 N–H and O–H groups in total. The molecule has 0 aromatic heterocycles. The van der Waals surface area contributed by atoms with Crippen molar-refractivity contribution >= 4 is 12.1 Å². The Labute approximate surface area is 189 Å². The van der Waals surface area contributed by atoms with Crippen LogP contribution in [0.2, 0.25) is 0 Å². The van der Waals surface area contributed by atoms with E-state index in [1.807, 2.05) is 36.4 Å². The number of benzene rings is 2. The standard InChI is InChI=1S/C27H31NO4/c1-3-5-11-17-27(25(29)30,18-12-6-4-2)28-26(31)32-19-24-22-15-9-7-13-20(22)21-14-8-10-16-23(21)24/h3-4,7-10,13-16,24H,1-2,5-6,11-12,17-19H2,(H,28,31)(H,29,30). The molecule has 0 saturated carbocycles. The maximum Gasteiger partial charge on any atom is 0.408 e. The van der Waals surface area contributed by atoms with E-state index in [0.29, 0.717) is 38.5 Å². The first-order valence-electron chi connectivity index (χ1n) is 11.1. The van der Waals surface area contributed by atoms with E-state index in [0.717, 1.165) is 22.3 Å². The van der Waals surface area contributed by atoms with Crippen LogP contribution in [0.5, 0.6) is 0 Å². The Hall–Kier alpha value is -3.34. The molecule has 0 radical (unpaired) electrons. The summed E-state index contributed by atoms with van der Waals surface area (Å²) in [7, 11) is 0. The summed E-state index contributed by atoms with van der Waals surface area (Å²) >= 11 is 0. The number of carbonyl (C=O) groups excluding carboxylic acids is 1. The lowest BCUT2D eigenvalue weighted by molar-refractivity contribution is -0.145. The van der Waals surface area contributed by atoms with Crippen LogP contribution < -0.4 is 5.32 Å². The van der Waals surface area contributed by atoms with Crippen LogP contribution in [0, 0.1) is 0 Å². The summed E-state index contributed by atoms with van der Waals surface area (Å²) in [6.45, 7) is 7.55.